The Morgan fingerprint density at radius 3 is 3.16 bits per heavy atom. The maximum Gasteiger partial charge on any atom is 0.133 e. The second-order valence-corrected chi connectivity index (χ2v) is 4.76. The highest BCUT2D eigenvalue weighted by Crippen LogP contribution is 2.13. The van der Waals surface area contributed by atoms with Crippen LogP contribution in [-0.4, -0.2) is 55.9 Å². The first-order valence-electron chi connectivity index (χ1n) is 6.89. The Labute approximate surface area is 114 Å². The first-order chi connectivity index (χ1) is 9.29. The normalized spacial score (nSPS) is 19.2. The number of aromatic nitrogens is 2. The molecular weight excluding hydrogens is 242 g/mol. The second-order valence-electron chi connectivity index (χ2n) is 4.76. The lowest BCUT2D eigenvalue weighted by molar-refractivity contribution is 0.0372. The number of hydrogen-bond acceptors (Lipinski definition) is 6. The van der Waals surface area contributed by atoms with Gasteiger partial charge in [0.05, 0.1) is 12.7 Å². The summed E-state index contributed by atoms with van der Waals surface area (Å²) in [5, 5.41) is 6.62. The van der Waals surface area contributed by atoms with Gasteiger partial charge in [-0.25, -0.2) is 9.97 Å². The number of morpholine rings is 1. The van der Waals surface area contributed by atoms with Gasteiger partial charge in [-0.3, -0.25) is 0 Å². The smallest absolute Gasteiger partial charge is 0.133 e. The highest BCUT2D eigenvalue weighted by atomic mass is 16.5. The van der Waals surface area contributed by atoms with Gasteiger partial charge in [0.15, 0.2) is 0 Å². The molecule has 0 saturated carbocycles. The number of nitrogens with one attached hydrogen (secondary N) is 2. The summed E-state index contributed by atoms with van der Waals surface area (Å²) >= 11 is 0. The van der Waals surface area contributed by atoms with E-state index in [2.05, 4.69) is 32.4 Å². The number of ether oxygens (including phenoxy) is 1. The van der Waals surface area contributed by atoms with Gasteiger partial charge < -0.3 is 20.3 Å². The first-order valence-corrected chi connectivity index (χ1v) is 6.89. The van der Waals surface area contributed by atoms with Crippen LogP contribution in [0, 0.1) is 0 Å². The Balaban J connectivity index is 1.87. The average Bonchev–Trinajstić information content (AvgIpc) is 2.47. The molecule has 1 atom stereocenters. The van der Waals surface area contributed by atoms with Crippen molar-refractivity contribution in [3.8, 4) is 0 Å². The molecule has 0 aromatic carbocycles. The molecule has 19 heavy (non-hydrogen) atoms. The largest absolute Gasteiger partial charge is 0.374 e. The van der Waals surface area contributed by atoms with Crippen molar-refractivity contribution in [1.82, 2.24) is 15.3 Å². The minimum Gasteiger partial charge on any atom is -0.374 e. The fourth-order valence-electron chi connectivity index (χ4n) is 2.07. The van der Waals surface area contributed by atoms with E-state index in [9.17, 15) is 0 Å². The third-order valence-electron chi connectivity index (χ3n) is 3.12. The average molecular weight is 265 g/mol. The maximum absolute atomic E-state index is 5.64. The Bertz CT molecular complexity index is 381. The topological polar surface area (TPSA) is 62.3 Å². The van der Waals surface area contributed by atoms with Gasteiger partial charge in [0, 0.05) is 39.3 Å². The number of hydrogen-bond donors (Lipinski definition) is 2. The Hall–Kier alpha value is -1.40. The molecule has 6 heteroatoms. The predicted molar refractivity (Wildman–Crippen MR) is 76.7 cm³/mol. The predicted octanol–water partition coefficient (Wildman–Crippen LogP) is 0.723. The summed E-state index contributed by atoms with van der Waals surface area (Å²) in [6, 6.07) is 1.98. The molecule has 1 aromatic heterocycles. The van der Waals surface area contributed by atoms with Gasteiger partial charge in [0.25, 0.3) is 0 Å². The number of rotatable bonds is 6. The number of nitrogens with zero attached hydrogens (tertiary/aromatic N) is 3. The minimum atomic E-state index is 0.209. The van der Waals surface area contributed by atoms with Gasteiger partial charge in [-0.1, -0.05) is 6.92 Å². The van der Waals surface area contributed by atoms with E-state index >= 15 is 0 Å². The Morgan fingerprint density at radius 1 is 1.53 bits per heavy atom. The van der Waals surface area contributed by atoms with Crippen molar-refractivity contribution in [2.75, 3.05) is 50.1 Å². The summed E-state index contributed by atoms with van der Waals surface area (Å²) < 4.78 is 5.64. The molecule has 0 spiro atoms. The van der Waals surface area contributed by atoms with Crippen LogP contribution in [0.3, 0.4) is 0 Å². The second kappa shape index (κ2) is 7.25. The van der Waals surface area contributed by atoms with E-state index in [-0.39, 0.29) is 6.10 Å². The third-order valence-corrected chi connectivity index (χ3v) is 3.12. The summed E-state index contributed by atoms with van der Waals surface area (Å²) in [5.41, 5.74) is 0. The molecule has 2 N–H and O–H groups in total. The Kier molecular flexibility index (Phi) is 5.35. The van der Waals surface area contributed by atoms with Crippen LogP contribution < -0.4 is 15.5 Å². The van der Waals surface area contributed by atoms with Crippen LogP contribution in [0.15, 0.2) is 12.4 Å². The van der Waals surface area contributed by atoms with Crippen molar-refractivity contribution >= 4 is 11.6 Å². The van der Waals surface area contributed by atoms with E-state index in [1.807, 2.05) is 13.1 Å². The zero-order valence-corrected chi connectivity index (χ0v) is 11.7. The van der Waals surface area contributed by atoms with E-state index in [0.29, 0.717) is 0 Å². The van der Waals surface area contributed by atoms with E-state index in [0.717, 1.165) is 50.8 Å². The third kappa shape index (κ3) is 4.33. The van der Waals surface area contributed by atoms with Gasteiger partial charge in [0.2, 0.25) is 0 Å². The quantitative estimate of drug-likeness (QED) is 0.790. The van der Waals surface area contributed by atoms with Crippen molar-refractivity contribution in [3.05, 3.63) is 12.4 Å². The zero-order chi connectivity index (χ0) is 13.5. The van der Waals surface area contributed by atoms with Gasteiger partial charge in [-0.2, -0.15) is 0 Å². The Morgan fingerprint density at radius 2 is 2.42 bits per heavy atom. The minimum absolute atomic E-state index is 0.209. The summed E-state index contributed by atoms with van der Waals surface area (Å²) in [6.45, 7) is 6.52. The van der Waals surface area contributed by atoms with Crippen LogP contribution in [-0.2, 0) is 4.74 Å². The molecular formula is C13H23N5O. The van der Waals surface area contributed by atoms with E-state index in [1.165, 1.54) is 0 Å². The molecule has 1 aliphatic heterocycles. The lowest BCUT2D eigenvalue weighted by Gasteiger charge is -2.24. The standard InChI is InChI=1S/C13H23N5O/c1-3-5-18(2)13-7-12(16-10-17-13)15-9-11-8-14-4-6-19-11/h7,10-11,14H,3-6,8-9H2,1-2H3,(H,15,16,17). The van der Waals surface area contributed by atoms with Gasteiger partial charge >= 0.3 is 0 Å². The number of anilines is 2. The van der Waals surface area contributed by atoms with Crippen LogP contribution in [0.5, 0.6) is 0 Å². The molecule has 6 nitrogen and oxygen atoms in total. The van der Waals surface area contributed by atoms with Crippen molar-refractivity contribution in [2.45, 2.75) is 19.4 Å². The van der Waals surface area contributed by atoms with Gasteiger partial charge in [0.1, 0.15) is 18.0 Å². The highest BCUT2D eigenvalue weighted by molar-refractivity contribution is 5.47. The van der Waals surface area contributed by atoms with Crippen molar-refractivity contribution in [1.29, 1.82) is 0 Å². The van der Waals surface area contributed by atoms with Crippen LogP contribution >= 0.6 is 0 Å². The molecule has 1 saturated heterocycles. The van der Waals surface area contributed by atoms with Crippen LogP contribution in [0.4, 0.5) is 11.6 Å². The van der Waals surface area contributed by atoms with Crippen LogP contribution in [0.1, 0.15) is 13.3 Å². The van der Waals surface area contributed by atoms with Crippen molar-refractivity contribution < 1.29 is 4.74 Å². The highest BCUT2D eigenvalue weighted by Gasteiger charge is 2.13. The fourth-order valence-corrected chi connectivity index (χ4v) is 2.07. The van der Waals surface area contributed by atoms with E-state index in [4.69, 9.17) is 4.74 Å². The molecule has 1 fully saturated rings. The summed E-state index contributed by atoms with van der Waals surface area (Å²) in [7, 11) is 2.05. The molecule has 1 aromatic rings. The van der Waals surface area contributed by atoms with Crippen LogP contribution in [0.25, 0.3) is 0 Å². The zero-order valence-electron chi connectivity index (χ0n) is 11.7. The maximum atomic E-state index is 5.64. The molecule has 1 aliphatic rings. The van der Waals surface area contributed by atoms with Crippen LogP contribution in [0.2, 0.25) is 0 Å². The monoisotopic (exact) mass is 265 g/mol. The van der Waals surface area contributed by atoms with Gasteiger partial charge in [-0.15, -0.1) is 0 Å². The first kappa shape index (κ1) is 14.0. The summed E-state index contributed by atoms with van der Waals surface area (Å²) in [6.07, 6.45) is 2.91. The molecule has 1 unspecified atom stereocenters. The van der Waals surface area contributed by atoms with Crippen molar-refractivity contribution in [3.63, 3.8) is 0 Å². The molecule has 0 amide bonds. The van der Waals surface area contributed by atoms with Gasteiger partial charge in [-0.05, 0) is 6.42 Å². The SMILES string of the molecule is CCCN(C)c1cc(NCC2CNCCO2)ncn1. The lowest BCUT2D eigenvalue weighted by Crippen LogP contribution is -2.42. The summed E-state index contributed by atoms with van der Waals surface area (Å²) in [5.74, 6) is 1.80. The summed E-state index contributed by atoms with van der Waals surface area (Å²) in [4.78, 5) is 10.7. The fraction of sp³-hybridized carbons (Fsp3) is 0.692. The van der Waals surface area contributed by atoms with E-state index < -0.39 is 0 Å². The molecule has 106 valence electrons. The molecule has 0 bridgehead atoms. The molecule has 0 aliphatic carbocycles. The van der Waals surface area contributed by atoms with E-state index in [1.54, 1.807) is 6.33 Å². The molecule has 0 radical (unpaired) electrons. The molecule has 2 rings (SSSR count). The lowest BCUT2D eigenvalue weighted by atomic mass is 10.3. The van der Waals surface area contributed by atoms with Crippen molar-refractivity contribution in [2.24, 2.45) is 0 Å². The molecule has 2 heterocycles.